The first-order chi connectivity index (χ1) is 12.4. The van der Waals surface area contributed by atoms with Crippen LogP contribution in [0.3, 0.4) is 0 Å². The molecule has 26 heavy (non-hydrogen) atoms. The second-order valence-corrected chi connectivity index (χ2v) is 7.94. The highest BCUT2D eigenvalue weighted by molar-refractivity contribution is 7.08. The number of hydrogen-bond acceptors (Lipinski definition) is 3. The van der Waals surface area contributed by atoms with E-state index in [0.29, 0.717) is 6.54 Å². The van der Waals surface area contributed by atoms with Crippen LogP contribution in [0.2, 0.25) is 0 Å². The van der Waals surface area contributed by atoms with Crippen molar-refractivity contribution in [2.45, 2.75) is 32.7 Å². The lowest BCUT2D eigenvalue weighted by molar-refractivity contribution is 0.252. The van der Waals surface area contributed by atoms with E-state index in [-0.39, 0.29) is 11.4 Å². The van der Waals surface area contributed by atoms with Crippen LogP contribution in [0.25, 0.3) is 11.3 Å². The smallest absolute Gasteiger partial charge is 0.319 e. The van der Waals surface area contributed by atoms with Gasteiger partial charge >= 0.3 is 6.03 Å². The Morgan fingerprint density at radius 1 is 1.12 bits per heavy atom. The SMILES string of the molecule is CC(C)(C)c1ccc(NC(=O)NCc2cccnc2-c2ccsc2)cc1. The lowest BCUT2D eigenvalue weighted by Gasteiger charge is -2.19. The largest absolute Gasteiger partial charge is 0.334 e. The Morgan fingerprint density at radius 3 is 2.54 bits per heavy atom. The average molecular weight is 366 g/mol. The van der Waals surface area contributed by atoms with Crippen molar-refractivity contribution < 1.29 is 4.79 Å². The van der Waals surface area contributed by atoms with E-state index in [9.17, 15) is 4.79 Å². The van der Waals surface area contributed by atoms with Crippen molar-refractivity contribution in [3.05, 3.63) is 70.5 Å². The Morgan fingerprint density at radius 2 is 1.88 bits per heavy atom. The summed E-state index contributed by atoms with van der Waals surface area (Å²) in [6.45, 7) is 6.92. The van der Waals surface area contributed by atoms with Crippen molar-refractivity contribution in [1.82, 2.24) is 10.3 Å². The fraction of sp³-hybridized carbons (Fsp3) is 0.238. The van der Waals surface area contributed by atoms with E-state index in [2.05, 4.69) is 41.8 Å². The third-order valence-corrected chi connectivity index (χ3v) is 4.82. The summed E-state index contributed by atoms with van der Waals surface area (Å²) in [5, 5.41) is 9.87. The number of urea groups is 1. The lowest BCUT2D eigenvalue weighted by Crippen LogP contribution is -2.28. The van der Waals surface area contributed by atoms with E-state index in [1.165, 1.54) is 5.56 Å². The van der Waals surface area contributed by atoms with Crippen molar-refractivity contribution in [1.29, 1.82) is 0 Å². The number of thiophene rings is 1. The quantitative estimate of drug-likeness (QED) is 0.648. The standard InChI is InChI=1S/C21H23N3OS/c1-21(2,3)17-6-8-18(9-7-17)24-20(25)23-13-15-5-4-11-22-19(15)16-10-12-26-14-16/h4-12,14H,13H2,1-3H3,(H2,23,24,25). The first-order valence-corrected chi connectivity index (χ1v) is 9.49. The molecular weight excluding hydrogens is 342 g/mol. The Hall–Kier alpha value is -2.66. The van der Waals surface area contributed by atoms with Crippen LogP contribution < -0.4 is 10.6 Å². The highest BCUT2D eigenvalue weighted by Gasteiger charge is 2.13. The van der Waals surface area contributed by atoms with E-state index in [1.807, 2.05) is 47.8 Å². The molecule has 3 rings (SSSR count). The van der Waals surface area contributed by atoms with Crippen LogP contribution in [0.1, 0.15) is 31.9 Å². The molecule has 0 spiro atoms. The van der Waals surface area contributed by atoms with Gasteiger partial charge in [0.2, 0.25) is 0 Å². The van der Waals surface area contributed by atoms with E-state index >= 15 is 0 Å². The number of nitrogens with one attached hydrogen (secondary N) is 2. The van der Waals surface area contributed by atoms with Crippen molar-refractivity contribution in [3.63, 3.8) is 0 Å². The van der Waals surface area contributed by atoms with Gasteiger partial charge in [-0.3, -0.25) is 4.98 Å². The van der Waals surface area contributed by atoms with Gasteiger partial charge in [0.25, 0.3) is 0 Å². The van der Waals surface area contributed by atoms with Crippen LogP contribution in [0.4, 0.5) is 10.5 Å². The topological polar surface area (TPSA) is 54.0 Å². The predicted molar refractivity (Wildman–Crippen MR) is 109 cm³/mol. The minimum absolute atomic E-state index is 0.0964. The summed E-state index contributed by atoms with van der Waals surface area (Å²) in [7, 11) is 0. The number of aromatic nitrogens is 1. The van der Waals surface area contributed by atoms with Gasteiger partial charge in [-0.05, 0) is 46.2 Å². The summed E-state index contributed by atoms with van der Waals surface area (Å²) in [5.74, 6) is 0. The third-order valence-electron chi connectivity index (χ3n) is 4.13. The minimum atomic E-state index is -0.228. The number of carbonyl (C=O) groups excluding carboxylic acids is 1. The van der Waals surface area contributed by atoms with Gasteiger partial charge < -0.3 is 10.6 Å². The van der Waals surface area contributed by atoms with E-state index in [0.717, 1.165) is 22.5 Å². The van der Waals surface area contributed by atoms with Crippen LogP contribution in [0.15, 0.2) is 59.4 Å². The Labute approximate surface area is 158 Å². The van der Waals surface area contributed by atoms with E-state index in [4.69, 9.17) is 0 Å². The third kappa shape index (κ3) is 4.49. The summed E-state index contributed by atoms with van der Waals surface area (Å²) in [5.41, 5.74) is 5.08. The van der Waals surface area contributed by atoms with Crippen molar-refractivity contribution in [2.75, 3.05) is 5.32 Å². The van der Waals surface area contributed by atoms with Gasteiger partial charge in [-0.15, -0.1) is 0 Å². The molecule has 3 aromatic rings. The van der Waals surface area contributed by atoms with E-state index in [1.54, 1.807) is 17.5 Å². The highest BCUT2D eigenvalue weighted by atomic mass is 32.1. The summed E-state index contributed by atoms with van der Waals surface area (Å²) in [6, 6.07) is 13.6. The van der Waals surface area contributed by atoms with Gasteiger partial charge in [0, 0.05) is 29.4 Å². The Balaban J connectivity index is 1.62. The molecule has 4 nitrogen and oxygen atoms in total. The molecule has 134 valence electrons. The number of carbonyl (C=O) groups is 1. The number of amides is 2. The molecule has 2 heterocycles. The van der Waals surface area contributed by atoms with Gasteiger partial charge in [0.05, 0.1) is 5.69 Å². The molecular formula is C21H23N3OS. The molecule has 0 atom stereocenters. The average Bonchev–Trinajstić information content (AvgIpc) is 3.14. The first kappa shape index (κ1) is 18.1. The normalized spacial score (nSPS) is 11.2. The maximum absolute atomic E-state index is 12.2. The van der Waals surface area contributed by atoms with Gasteiger partial charge in [-0.2, -0.15) is 11.3 Å². The second-order valence-electron chi connectivity index (χ2n) is 7.16. The van der Waals surface area contributed by atoms with Crippen LogP contribution in [0, 0.1) is 0 Å². The minimum Gasteiger partial charge on any atom is -0.334 e. The lowest BCUT2D eigenvalue weighted by atomic mass is 9.87. The number of hydrogen-bond donors (Lipinski definition) is 2. The molecule has 2 N–H and O–H groups in total. The van der Waals surface area contributed by atoms with Crippen LogP contribution in [0.5, 0.6) is 0 Å². The molecule has 0 fully saturated rings. The summed E-state index contributed by atoms with van der Waals surface area (Å²) in [4.78, 5) is 16.7. The van der Waals surface area contributed by atoms with E-state index < -0.39 is 0 Å². The maximum Gasteiger partial charge on any atom is 0.319 e. The Kier molecular flexibility index (Phi) is 5.38. The molecule has 0 aliphatic rings. The van der Waals surface area contributed by atoms with Gasteiger partial charge in [-0.1, -0.05) is 39.0 Å². The molecule has 0 saturated heterocycles. The number of anilines is 1. The number of rotatable bonds is 4. The zero-order valence-electron chi connectivity index (χ0n) is 15.2. The molecule has 1 aromatic carbocycles. The second kappa shape index (κ2) is 7.70. The van der Waals surface area contributed by atoms with Gasteiger partial charge in [0.15, 0.2) is 0 Å². The van der Waals surface area contributed by atoms with Crippen LogP contribution in [-0.4, -0.2) is 11.0 Å². The summed E-state index contributed by atoms with van der Waals surface area (Å²) < 4.78 is 0. The van der Waals surface area contributed by atoms with Crippen LogP contribution in [-0.2, 0) is 12.0 Å². The fourth-order valence-corrected chi connectivity index (χ4v) is 3.29. The summed E-state index contributed by atoms with van der Waals surface area (Å²) >= 11 is 1.63. The maximum atomic E-state index is 12.2. The van der Waals surface area contributed by atoms with Crippen molar-refractivity contribution >= 4 is 23.1 Å². The number of benzene rings is 1. The molecule has 0 aliphatic carbocycles. The molecule has 0 radical (unpaired) electrons. The molecule has 2 aromatic heterocycles. The number of nitrogens with zero attached hydrogens (tertiary/aromatic N) is 1. The van der Waals surface area contributed by atoms with Crippen molar-refractivity contribution in [3.8, 4) is 11.3 Å². The number of pyridine rings is 1. The highest BCUT2D eigenvalue weighted by Crippen LogP contribution is 2.24. The molecule has 0 saturated carbocycles. The first-order valence-electron chi connectivity index (χ1n) is 8.55. The van der Waals surface area contributed by atoms with Gasteiger partial charge in [0.1, 0.15) is 0 Å². The zero-order chi connectivity index (χ0) is 18.6. The summed E-state index contributed by atoms with van der Waals surface area (Å²) in [6.07, 6.45) is 1.77. The van der Waals surface area contributed by atoms with Gasteiger partial charge in [-0.25, -0.2) is 4.79 Å². The molecule has 5 heteroatoms. The zero-order valence-corrected chi connectivity index (χ0v) is 16.1. The van der Waals surface area contributed by atoms with Crippen molar-refractivity contribution in [2.24, 2.45) is 0 Å². The predicted octanol–water partition coefficient (Wildman–Crippen LogP) is 5.43. The fourth-order valence-electron chi connectivity index (χ4n) is 2.64. The molecule has 0 aliphatic heterocycles. The molecule has 0 bridgehead atoms. The molecule has 0 unspecified atom stereocenters. The molecule has 2 amide bonds. The van der Waals surface area contributed by atoms with Crippen LogP contribution >= 0.6 is 11.3 Å². The Bertz CT molecular complexity index is 865. The monoisotopic (exact) mass is 365 g/mol.